The van der Waals surface area contributed by atoms with Gasteiger partial charge in [0.2, 0.25) is 0 Å². The third-order valence-corrected chi connectivity index (χ3v) is 4.49. The van der Waals surface area contributed by atoms with Crippen LogP contribution in [0.15, 0.2) is 33.7 Å². The maximum Gasteiger partial charge on any atom is 0.270 e. The summed E-state index contributed by atoms with van der Waals surface area (Å²) in [4.78, 5) is 15.7. The van der Waals surface area contributed by atoms with Gasteiger partial charge in [0.05, 0.1) is 10.5 Å². The number of thioether (sulfide) groups is 1. The molecular weight excluding hydrogens is 293 g/mol. The Hall–Kier alpha value is -1.89. The minimum absolute atomic E-state index is 0.154. The molecule has 1 aromatic carbocycles. The number of nitrogens with two attached hydrogens (primary N) is 1. The first-order valence-corrected chi connectivity index (χ1v) is 7.18. The van der Waals surface area contributed by atoms with Gasteiger partial charge in [0, 0.05) is 24.1 Å². The third-order valence-electron chi connectivity index (χ3n) is 3.39. The molecular formula is C14H16FN3O2S. The van der Waals surface area contributed by atoms with Crippen molar-refractivity contribution in [3.05, 3.63) is 50.2 Å². The van der Waals surface area contributed by atoms with Crippen LogP contribution in [-0.4, -0.2) is 10.1 Å². The van der Waals surface area contributed by atoms with Crippen molar-refractivity contribution in [2.24, 2.45) is 10.7 Å². The van der Waals surface area contributed by atoms with Crippen LogP contribution in [0.3, 0.4) is 0 Å². The molecule has 0 radical (unpaired) electrons. The van der Waals surface area contributed by atoms with E-state index in [9.17, 15) is 14.5 Å². The number of hydrogen-bond acceptors (Lipinski definition) is 5. The van der Waals surface area contributed by atoms with E-state index < -0.39 is 16.3 Å². The van der Waals surface area contributed by atoms with E-state index in [0.29, 0.717) is 11.6 Å². The van der Waals surface area contributed by atoms with Gasteiger partial charge in [-0.2, -0.15) is 0 Å². The van der Waals surface area contributed by atoms with E-state index in [0.717, 1.165) is 22.6 Å². The van der Waals surface area contributed by atoms with E-state index in [4.69, 9.17) is 5.73 Å². The van der Waals surface area contributed by atoms with Crippen molar-refractivity contribution < 1.29 is 9.31 Å². The molecule has 1 heterocycles. The normalized spacial score (nSPS) is 21.9. The second-order valence-electron chi connectivity index (χ2n) is 5.35. The standard InChI is InChI=1S/C14H16FN3O2S/c1-8(2)12-7-14(3,17-13(16)21-12)10-6-9(18(19)20)4-5-11(10)15/h4-6H,7H2,1-3H3,(H2,16,17)/t14-/m0/s1. The van der Waals surface area contributed by atoms with Crippen LogP contribution < -0.4 is 5.73 Å². The van der Waals surface area contributed by atoms with Crippen molar-refractivity contribution in [1.29, 1.82) is 0 Å². The van der Waals surface area contributed by atoms with Gasteiger partial charge in [0.1, 0.15) is 5.82 Å². The summed E-state index contributed by atoms with van der Waals surface area (Å²) in [6, 6.07) is 3.49. The molecule has 1 aliphatic heterocycles. The molecule has 0 aromatic heterocycles. The molecule has 5 nitrogen and oxygen atoms in total. The van der Waals surface area contributed by atoms with Gasteiger partial charge in [-0.05, 0) is 31.7 Å². The number of non-ortho nitro benzene ring substituents is 1. The van der Waals surface area contributed by atoms with E-state index in [1.807, 2.05) is 13.8 Å². The van der Waals surface area contributed by atoms with Crippen LogP contribution in [-0.2, 0) is 5.54 Å². The highest BCUT2D eigenvalue weighted by Gasteiger charge is 2.35. The van der Waals surface area contributed by atoms with Crippen LogP contribution in [0, 0.1) is 15.9 Å². The summed E-state index contributed by atoms with van der Waals surface area (Å²) in [7, 11) is 0. The number of rotatable bonds is 2. The van der Waals surface area contributed by atoms with E-state index in [-0.39, 0.29) is 11.3 Å². The topological polar surface area (TPSA) is 81.5 Å². The highest BCUT2D eigenvalue weighted by molar-refractivity contribution is 8.17. The van der Waals surface area contributed by atoms with Gasteiger partial charge in [0.25, 0.3) is 5.69 Å². The molecule has 1 aliphatic rings. The smallest absolute Gasteiger partial charge is 0.270 e. The predicted molar refractivity (Wildman–Crippen MR) is 82.6 cm³/mol. The molecule has 0 bridgehead atoms. The fraction of sp³-hybridized carbons (Fsp3) is 0.357. The van der Waals surface area contributed by atoms with Crippen LogP contribution >= 0.6 is 11.8 Å². The van der Waals surface area contributed by atoms with Crippen LogP contribution in [0.5, 0.6) is 0 Å². The van der Waals surface area contributed by atoms with Gasteiger partial charge in [0.15, 0.2) is 5.17 Å². The summed E-state index contributed by atoms with van der Waals surface area (Å²) >= 11 is 1.36. The van der Waals surface area contributed by atoms with E-state index >= 15 is 0 Å². The number of allylic oxidation sites excluding steroid dienone is 1. The van der Waals surface area contributed by atoms with Gasteiger partial charge < -0.3 is 5.73 Å². The lowest BCUT2D eigenvalue weighted by molar-refractivity contribution is -0.385. The molecule has 21 heavy (non-hydrogen) atoms. The average molecular weight is 309 g/mol. The molecule has 0 fully saturated rings. The molecule has 0 spiro atoms. The average Bonchev–Trinajstić information content (AvgIpc) is 2.37. The number of halogens is 1. The largest absolute Gasteiger partial charge is 0.378 e. The highest BCUT2D eigenvalue weighted by Crippen LogP contribution is 2.43. The van der Waals surface area contributed by atoms with Crippen molar-refractivity contribution in [1.82, 2.24) is 0 Å². The van der Waals surface area contributed by atoms with Gasteiger partial charge in [-0.15, -0.1) is 0 Å². The number of benzene rings is 1. The number of hydrogen-bond donors (Lipinski definition) is 1. The Kier molecular flexibility index (Phi) is 4.04. The zero-order valence-corrected chi connectivity index (χ0v) is 12.8. The van der Waals surface area contributed by atoms with Crippen LogP contribution in [0.1, 0.15) is 32.8 Å². The van der Waals surface area contributed by atoms with E-state index in [1.54, 1.807) is 6.92 Å². The van der Waals surface area contributed by atoms with Crippen LogP contribution in [0.4, 0.5) is 10.1 Å². The van der Waals surface area contributed by atoms with Gasteiger partial charge in [-0.25, -0.2) is 4.39 Å². The molecule has 112 valence electrons. The second kappa shape index (κ2) is 5.48. The monoisotopic (exact) mass is 309 g/mol. The van der Waals surface area contributed by atoms with Gasteiger partial charge in [-0.1, -0.05) is 17.3 Å². The predicted octanol–water partition coefficient (Wildman–Crippen LogP) is 3.69. The van der Waals surface area contributed by atoms with Crippen molar-refractivity contribution in [3.63, 3.8) is 0 Å². The first-order valence-electron chi connectivity index (χ1n) is 6.37. The number of nitro groups is 1. The summed E-state index contributed by atoms with van der Waals surface area (Å²) in [6.45, 7) is 5.64. The fourth-order valence-corrected chi connectivity index (χ4v) is 3.31. The summed E-state index contributed by atoms with van der Waals surface area (Å²) in [6.07, 6.45) is 0.471. The highest BCUT2D eigenvalue weighted by atomic mass is 32.2. The molecule has 7 heteroatoms. The summed E-state index contributed by atoms with van der Waals surface area (Å²) in [5.41, 5.74) is 6.03. The Labute approximate surface area is 126 Å². The third kappa shape index (κ3) is 3.07. The summed E-state index contributed by atoms with van der Waals surface area (Å²) < 4.78 is 14.2. The fourth-order valence-electron chi connectivity index (χ4n) is 2.25. The molecule has 1 atom stereocenters. The molecule has 0 saturated heterocycles. The Morgan fingerprint density at radius 2 is 2.19 bits per heavy atom. The van der Waals surface area contributed by atoms with Gasteiger partial charge >= 0.3 is 0 Å². The van der Waals surface area contributed by atoms with E-state index in [1.165, 1.54) is 17.8 Å². The van der Waals surface area contributed by atoms with Crippen molar-refractivity contribution in [3.8, 4) is 0 Å². The zero-order chi connectivity index (χ0) is 15.8. The summed E-state index contributed by atoms with van der Waals surface area (Å²) in [5.74, 6) is -0.514. The Balaban J connectivity index is 2.58. The molecule has 0 amide bonds. The number of aliphatic imine (C=N–C) groups is 1. The van der Waals surface area contributed by atoms with Crippen LogP contribution in [0.2, 0.25) is 0 Å². The zero-order valence-electron chi connectivity index (χ0n) is 12.0. The quantitative estimate of drug-likeness (QED) is 0.667. The lowest BCUT2D eigenvalue weighted by atomic mass is 9.87. The first kappa shape index (κ1) is 15.5. The van der Waals surface area contributed by atoms with Crippen molar-refractivity contribution in [2.75, 3.05) is 0 Å². The first-order chi connectivity index (χ1) is 9.73. The SMILES string of the molecule is CC(C)=C1C[C@@](C)(c2cc([N+](=O)[O-])ccc2F)N=C(N)S1. The minimum Gasteiger partial charge on any atom is -0.378 e. The second-order valence-corrected chi connectivity index (χ2v) is 6.46. The van der Waals surface area contributed by atoms with E-state index in [2.05, 4.69) is 4.99 Å². The van der Waals surface area contributed by atoms with Crippen molar-refractivity contribution in [2.45, 2.75) is 32.7 Å². The maximum atomic E-state index is 14.2. The lowest BCUT2D eigenvalue weighted by Gasteiger charge is -2.32. The molecule has 2 N–H and O–H groups in total. The molecule has 0 saturated carbocycles. The lowest BCUT2D eigenvalue weighted by Crippen LogP contribution is -2.29. The summed E-state index contributed by atoms with van der Waals surface area (Å²) in [5, 5.41) is 11.2. The Morgan fingerprint density at radius 1 is 1.52 bits per heavy atom. The number of nitro benzene ring substituents is 1. The Morgan fingerprint density at radius 3 is 2.76 bits per heavy atom. The number of amidine groups is 1. The number of nitrogens with zero attached hydrogens (tertiary/aromatic N) is 2. The minimum atomic E-state index is -0.933. The maximum absolute atomic E-state index is 14.2. The molecule has 2 rings (SSSR count). The Bertz CT molecular complexity index is 668. The van der Waals surface area contributed by atoms with Crippen molar-refractivity contribution >= 4 is 22.6 Å². The molecule has 0 unspecified atom stereocenters. The van der Waals surface area contributed by atoms with Crippen LogP contribution in [0.25, 0.3) is 0 Å². The molecule has 0 aliphatic carbocycles. The van der Waals surface area contributed by atoms with Gasteiger partial charge in [-0.3, -0.25) is 15.1 Å². The molecule has 1 aromatic rings.